The van der Waals surface area contributed by atoms with E-state index in [0.717, 1.165) is 0 Å². The lowest BCUT2D eigenvalue weighted by Gasteiger charge is -2.44. The summed E-state index contributed by atoms with van der Waals surface area (Å²) in [4.78, 5) is 0. The van der Waals surface area contributed by atoms with Crippen LogP contribution in [-0.4, -0.2) is 72.4 Å². The van der Waals surface area contributed by atoms with E-state index in [-0.39, 0.29) is 24.4 Å². The average Bonchev–Trinajstić information content (AvgIpc) is 2.44. The van der Waals surface area contributed by atoms with Crippen LogP contribution in [-0.2, 0) is 28.4 Å². The summed E-state index contributed by atoms with van der Waals surface area (Å²) in [5, 5.41) is 0. The molecule has 0 aliphatic carbocycles. The minimum Gasteiger partial charge on any atom is -0.382 e. The Balaban J connectivity index is 2.84. The maximum atomic E-state index is 5.84. The molecule has 0 N–H and O–H groups in total. The molecule has 1 aliphatic heterocycles. The van der Waals surface area contributed by atoms with Crippen LogP contribution in [0.15, 0.2) is 12.7 Å². The van der Waals surface area contributed by atoms with Crippen LogP contribution in [0.3, 0.4) is 0 Å². The summed E-state index contributed by atoms with van der Waals surface area (Å²) >= 11 is 0. The van der Waals surface area contributed by atoms with Crippen molar-refractivity contribution < 1.29 is 28.4 Å². The summed E-state index contributed by atoms with van der Waals surface area (Å²) in [5.74, 6) is 0. The van der Waals surface area contributed by atoms with Crippen LogP contribution >= 0.6 is 0 Å². The molecule has 19 heavy (non-hydrogen) atoms. The fourth-order valence-corrected chi connectivity index (χ4v) is 2.28. The molecule has 0 spiro atoms. The summed E-state index contributed by atoms with van der Waals surface area (Å²) in [6, 6.07) is 0. The molecule has 5 atom stereocenters. The average molecular weight is 276 g/mol. The highest BCUT2D eigenvalue weighted by atomic mass is 16.7. The van der Waals surface area contributed by atoms with Gasteiger partial charge >= 0.3 is 0 Å². The van der Waals surface area contributed by atoms with Crippen molar-refractivity contribution in [3.63, 3.8) is 0 Å². The summed E-state index contributed by atoms with van der Waals surface area (Å²) in [6.07, 6.45) is -0.105. The van der Waals surface area contributed by atoms with Gasteiger partial charge in [-0.2, -0.15) is 0 Å². The Morgan fingerprint density at radius 2 is 1.63 bits per heavy atom. The Bertz CT molecular complexity index is 260. The maximum Gasteiger partial charge on any atom is 0.187 e. The Morgan fingerprint density at radius 3 is 2.11 bits per heavy atom. The number of ether oxygens (including phenoxy) is 6. The van der Waals surface area contributed by atoms with Crippen LogP contribution in [0.5, 0.6) is 0 Å². The van der Waals surface area contributed by atoms with Crippen molar-refractivity contribution in [3.05, 3.63) is 12.7 Å². The van der Waals surface area contributed by atoms with E-state index in [0.29, 0.717) is 13.2 Å². The fraction of sp³-hybridized carbons (Fsp3) is 0.846. The molecule has 1 aliphatic rings. The Morgan fingerprint density at radius 1 is 1.00 bits per heavy atom. The number of hydrogen-bond donors (Lipinski definition) is 0. The van der Waals surface area contributed by atoms with Crippen molar-refractivity contribution in [2.75, 3.05) is 41.7 Å². The third kappa shape index (κ3) is 3.98. The molecule has 1 rings (SSSR count). The molecule has 1 saturated heterocycles. The van der Waals surface area contributed by atoms with Gasteiger partial charge in [-0.05, 0) is 0 Å². The van der Waals surface area contributed by atoms with Crippen molar-refractivity contribution >= 4 is 0 Å². The number of methoxy groups -OCH3 is 4. The van der Waals surface area contributed by atoms with Crippen molar-refractivity contribution in [1.29, 1.82) is 0 Å². The largest absolute Gasteiger partial charge is 0.382 e. The van der Waals surface area contributed by atoms with Gasteiger partial charge in [-0.15, -0.1) is 6.58 Å². The van der Waals surface area contributed by atoms with Gasteiger partial charge in [0, 0.05) is 28.4 Å². The first-order valence-corrected chi connectivity index (χ1v) is 6.18. The molecule has 0 unspecified atom stereocenters. The number of hydrogen-bond acceptors (Lipinski definition) is 6. The lowest BCUT2D eigenvalue weighted by Crippen LogP contribution is -2.61. The summed E-state index contributed by atoms with van der Waals surface area (Å²) in [5.41, 5.74) is 0. The predicted octanol–water partition coefficient (Wildman–Crippen LogP) is 0.605. The highest BCUT2D eigenvalue weighted by Gasteiger charge is 2.47. The minimum absolute atomic E-state index is 0.277. The number of rotatable bonds is 8. The molecule has 1 fully saturated rings. The normalized spacial score (nSPS) is 35.3. The first-order chi connectivity index (χ1) is 9.23. The van der Waals surface area contributed by atoms with Gasteiger partial charge in [0.05, 0.1) is 13.2 Å². The Hall–Kier alpha value is -0.500. The van der Waals surface area contributed by atoms with E-state index in [1.807, 2.05) is 0 Å². The first kappa shape index (κ1) is 16.6. The van der Waals surface area contributed by atoms with Gasteiger partial charge in [-0.1, -0.05) is 6.08 Å². The SMILES string of the molecule is C=CCO[C@@H]1O[C@H](COC)[C@H](OC)[C@H](OC)[C@H]1OC. The quantitative estimate of drug-likeness (QED) is 0.605. The van der Waals surface area contributed by atoms with Crippen LogP contribution in [0, 0.1) is 0 Å². The highest BCUT2D eigenvalue weighted by molar-refractivity contribution is 4.92. The van der Waals surface area contributed by atoms with Crippen LogP contribution in [0.2, 0.25) is 0 Å². The first-order valence-electron chi connectivity index (χ1n) is 6.18. The zero-order valence-electron chi connectivity index (χ0n) is 12.0. The second-order valence-electron chi connectivity index (χ2n) is 4.22. The molecule has 0 aromatic rings. The van der Waals surface area contributed by atoms with E-state index in [9.17, 15) is 0 Å². The molecule has 0 aromatic heterocycles. The van der Waals surface area contributed by atoms with E-state index in [1.165, 1.54) is 0 Å². The predicted molar refractivity (Wildman–Crippen MR) is 69.1 cm³/mol. The molecule has 112 valence electrons. The zero-order chi connectivity index (χ0) is 14.3. The molecular weight excluding hydrogens is 252 g/mol. The summed E-state index contributed by atoms with van der Waals surface area (Å²) in [6.45, 7) is 4.38. The molecule has 0 amide bonds. The van der Waals surface area contributed by atoms with E-state index in [2.05, 4.69) is 6.58 Å². The molecule has 0 bridgehead atoms. The highest BCUT2D eigenvalue weighted by Crippen LogP contribution is 2.27. The van der Waals surface area contributed by atoms with Crippen LogP contribution < -0.4 is 0 Å². The van der Waals surface area contributed by atoms with Gasteiger partial charge in [0.15, 0.2) is 6.29 Å². The summed E-state index contributed by atoms with van der Waals surface area (Å²) < 4.78 is 33.0. The van der Waals surface area contributed by atoms with Gasteiger partial charge in [0.1, 0.15) is 24.4 Å². The standard InChI is InChI=1S/C13H24O6/c1-6-7-18-13-12(17-5)11(16-4)10(15-3)9(19-13)8-14-2/h6,9-13H,1,7-8H2,2-5H3/t9-,10+,11+,12-,13-/m1/s1. The lowest BCUT2D eigenvalue weighted by molar-refractivity contribution is -0.311. The monoisotopic (exact) mass is 276 g/mol. The maximum absolute atomic E-state index is 5.84. The van der Waals surface area contributed by atoms with Crippen molar-refractivity contribution in [1.82, 2.24) is 0 Å². The Kier molecular flexibility index (Phi) is 7.52. The second kappa shape index (κ2) is 8.63. The van der Waals surface area contributed by atoms with Crippen molar-refractivity contribution in [3.8, 4) is 0 Å². The van der Waals surface area contributed by atoms with Gasteiger partial charge in [-0.25, -0.2) is 0 Å². The summed E-state index contributed by atoms with van der Waals surface area (Å²) in [7, 11) is 6.43. The van der Waals surface area contributed by atoms with E-state index in [1.54, 1.807) is 34.5 Å². The Labute approximate surface area is 114 Å². The smallest absolute Gasteiger partial charge is 0.187 e. The topological polar surface area (TPSA) is 55.4 Å². The molecule has 0 aromatic carbocycles. The lowest BCUT2D eigenvalue weighted by atomic mass is 9.98. The molecular formula is C13H24O6. The third-order valence-corrected chi connectivity index (χ3v) is 3.12. The van der Waals surface area contributed by atoms with Crippen LogP contribution in [0.4, 0.5) is 0 Å². The second-order valence-corrected chi connectivity index (χ2v) is 4.22. The van der Waals surface area contributed by atoms with Gasteiger partial charge < -0.3 is 28.4 Å². The van der Waals surface area contributed by atoms with Gasteiger partial charge in [0.25, 0.3) is 0 Å². The molecule has 6 heteroatoms. The van der Waals surface area contributed by atoms with Crippen molar-refractivity contribution in [2.45, 2.75) is 30.7 Å². The van der Waals surface area contributed by atoms with Gasteiger partial charge in [-0.3, -0.25) is 0 Å². The molecule has 0 radical (unpaired) electrons. The fourth-order valence-electron chi connectivity index (χ4n) is 2.28. The van der Waals surface area contributed by atoms with E-state index < -0.39 is 6.29 Å². The molecule has 6 nitrogen and oxygen atoms in total. The van der Waals surface area contributed by atoms with E-state index in [4.69, 9.17) is 28.4 Å². The third-order valence-electron chi connectivity index (χ3n) is 3.12. The van der Waals surface area contributed by atoms with Gasteiger partial charge in [0.2, 0.25) is 0 Å². The van der Waals surface area contributed by atoms with Crippen LogP contribution in [0.1, 0.15) is 0 Å². The van der Waals surface area contributed by atoms with Crippen LogP contribution in [0.25, 0.3) is 0 Å². The van der Waals surface area contributed by atoms with E-state index >= 15 is 0 Å². The minimum atomic E-state index is -0.542. The zero-order valence-corrected chi connectivity index (χ0v) is 12.0. The molecule has 0 saturated carbocycles. The molecule has 1 heterocycles. The van der Waals surface area contributed by atoms with Crippen molar-refractivity contribution in [2.24, 2.45) is 0 Å².